The van der Waals surface area contributed by atoms with E-state index in [0.717, 1.165) is 11.3 Å². The highest BCUT2D eigenvalue weighted by Gasteiger charge is 2.45. The number of halogens is 4. The van der Waals surface area contributed by atoms with Crippen LogP contribution < -0.4 is 16.2 Å². The van der Waals surface area contributed by atoms with Crippen LogP contribution in [0.4, 0.5) is 19.1 Å². The maximum atomic E-state index is 14.6. The highest BCUT2D eigenvalue weighted by molar-refractivity contribution is 7.18. The van der Waals surface area contributed by atoms with Crippen molar-refractivity contribution in [1.29, 1.82) is 0 Å². The van der Waals surface area contributed by atoms with E-state index in [4.69, 9.17) is 37.6 Å². The number of anilines is 1. The first-order valence-electron chi connectivity index (χ1n) is 12.5. The highest BCUT2D eigenvalue weighted by Crippen LogP contribution is 2.44. The lowest BCUT2D eigenvalue weighted by molar-refractivity contribution is -0.198. The van der Waals surface area contributed by atoms with Crippen LogP contribution in [-0.2, 0) is 16.0 Å². The van der Waals surface area contributed by atoms with Crippen LogP contribution >= 0.6 is 22.9 Å². The van der Waals surface area contributed by atoms with Gasteiger partial charge in [0, 0.05) is 21.5 Å². The SMILES string of the molecule is Nc1nc(O[C@H](c2ccc(Cl)cc2C2=COCCC2)C(F)(F)F)c2scc(-c3ccc(CC(N)C(=O)O)cc3)c2n1. The normalized spacial score (nSPS) is 15.2. The zero-order valence-electron chi connectivity index (χ0n) is 21.3. The van der Waals surface area contributed by atoms with Gasteiger partial charge in [0.1, 0.15) is 10.7 Å². The van der Waals surface area contributed by atoms with Crippen LogP contribution in [0.25, 0.3) is 26.9 Å². The summed E-state index contributed by atoms with van der Waals surface area (Å²) in [6, 6.07) is 10.1. The molecular weight excluding hydrogens is 581 g/mol. The van der Waals surface area contributed by atoms with Gasteiger partial charge in [0.05, 0.1) is 18.4 Å². The number of allylic oxidation sites excluding steroid dienone is 1. The maximum Gasteiger partial charge on any atom is 0.429 e. The Bertz CT molecular complexity index is 1630. The smallest absolute Gasteiger partial charge is 0.429 e. The quantitative estimate of drug-likeness (QED) is 0.211. The minimum atomic E-state index is -4.81. The molecule has 1 aliphatic rings. The van der Waals surface area contributed by atoms with Crippen LogP contribution in [-0.4, -0.2) is 39.9 Å². The summed E-state index contributed by atoms with van der Waals surface area (Å²) >= 11 is 7.29. The summed E-state index contributed by atoms with van der Waals surface area (Å²) < 4.78 is 55.0. The fraction of sp³-hybridized carbons (Fsp3) is 0.250. The highest BCUT2D eigenvalue weighted by atomic mass is 35.5. The second kappa shape index (κ2) is 11.6. The number of nitrogen functional groups attached to an aromatic ring is 1. The number of aromatic nitrogens is 2. The van der Waals surface area contributed by atoms with E-state index in [1.165, 1.54) is 24.5 Å². The van der Waals surface area contributed by atoms with E-state index in [1.807, 2.05) is 0 Å². The van der Waals surface area contributed by atoms with Crippen LogP contribution in [0.15, 0.2) is 54.1 Å². The number of hydrogen-bond acceptors (Lipinski definition) is 8. The van der Waals surface area contributed by atoms with E-state index in [2.05, 4.69) is 9.97 Å². The standard InChI is InChI=1S/C28H24ClF3N4O4S/c29-17-7-8-18(19(11-17)16-2-1-9-39-12-16)24(28(30,31)32)40-25-23-22(35-27(34)36-25)20(13-41-23)15-5-3-14(4-6-15)10-21(33)26(37)38/h3-8,11-13,21,24H,1-2,9-10,33H2,(H,37,38)(H2,34,35,36)/t21?,24-/m1/s1. The topological polar surface area (TPSA) is 134 Å². The summed E-state index contributed by atoms with van der Waals surface area (Å²) in [5, 5.41) is 11.1. The predicted molar refractivity (Wildman–Crippen MR) is 151 cm³/mol. The van der Waals surface area contributed by atoms with Crippen molar-refractivity contribution >= 4 is 50.6 Å². The van der Waals surface area contributed by atoms with Crippen molar-refractivity contribution in [3.8, 4) is 17.0 Å². The molecule has 8 nitrogen and oxygen atoms in total. The van der Waals surface area contributed by atoms with Gasteiger partial charge in [0.2, 0.25) is 17.9 Å². The van der Waals surface area contributed by atoms with Gasteiger partial charge >= 0.3 is 12.1 Å². The molecule has 0 aliphatic carbocycles. The van der Waals surface area contributed by atoms with Crippen molar-refractivity contribution in [2.45, 2.75) is 37.6 Å². The molecule has 1 aliphatic heterocycles. The number of fused-ring (bicyclic) bond motifs is 1. The number of rotatable bonds is 8. The van der Waals surface area contributed by atoms with Crippen LogP contribution in [0.2, 0.25) is 5.02 Å². The summed E-state index contributed by atoms with van der Waals surface area (Å²) in [5.74, 6) is -1.66. The molecule has 4 aromatic rings. The van der Waals surface area contributed by atoms with E-state index < -0.39 is 24.3 Å². The molecule has 0 saturated heterocycles. The number of carbonyl (C=O) groups is 1. The van der Waals surface area contributed by atoms with Gasteiger partial charge in [-0.05, 0) is 53.7 Å². The van der Waals surface area contributed by atoms with Crippen molar-refractivity contribution in [1.82, 2.24) is 9.97 Å². The number of benzene rings is 2. The molecule has 2 atom stereocenters. The minimum Gasteiger partial charge on any atom is -0.501 e. The van der Waals surface area contributed by atoms with Gasteiger partial charge in [-0.15, -0.1) is 11.3 Å². The van der Waals surface area contributed by atoms with Crippen LogP contribution in [0, 0.1) is 0 Å². The summed E-state index contributed by atoms with van der Waals surface area (Å²) in [4.78, 5) is 19.4. The molecule has 1 unspecified atom stereocenters. The Morgan fingerprint density at radius 2 is 1.93 bits per heavy atom. The molecule has 2 aromatic heterocycles. The van der Waals surface area contributed by atoms with Crippen molar-refractivity contribution in [3.05, 3.63) is 75.8 Å². The van der Waals surface area contributed by atoms with Gasteiger partial charge in [-0.1, -0.05) is 41.9 Å². The zero-order valence-corrected chi connectivity index (χ0v) is 22.9. The van der Waals surface area contributed by atoms with Gasteiger partial charge in [-0.2, -0.15) is 18.2 Å². The summed E-state index contributed by atoms with van der Waals surface area (Å²) in [6.07, 6.45) is -4.40. The van der Waals surface area contributed by atoms with E-state index in [0.29, 0.717) is 47.2 Å². The minimum absolute atomic E-state index is 0.129. The molecule has 214 valence electrons. The van der Waals surface area contributed by atoms with Crippen LogP contribution in [0.1, 0.15) is 35.6 Å². The van der Waals surface area contributed by atoms with E-state index in [9.17, 15) is 18.0 Å². The first-order chi connectivity index (χ1) is 19.5. The third kappa shape index (κ3) is 6.24. The number of hydrogen-bond donors (Lipinski definition) is 3. The first-order valence-corrected chi connectivity index (χ1v) is 13.7. The molecule has 2 aromatic carbocycles. The van der Waals surface area contributed by atoms with E-state index >= 15 is 0 Å². The predicted octanol–water partition coefficient (Wildman–Crippen LogP) is 6.38. The molecule has 0 amide bonds. The van der Waals surface area contributed by atoms with E-state index in [-0.39, 0.29) is 39.1 Å². The molecule has 5 rings (SSSR count). The number of ether oxygens (including phenoxy) is 2. The van der Waals surface area contributed by atoms with Gasteiger partial charge < -0.3 is 26.0 Å². The Balaban J connectivity index is 1.53. The van der Waals surface area contributed by atoms with Crippen molar-refractivity contribution in [2.75, 3.05) is 12.3 Å². The third-order valence-corrected chi connectivity index (χ3v) is 7.74. The Kier molecular flexibility index (Phi) is 8.07. The molecule has 0 fully saturated rings. The van der Waals surface area contributed by atoms with Gasteiger partial charge in [0.25, 0.3) is 0 Å². The number of aliphatic carboxylic acids is 1. The van der Waals surface area contributed by atoms with E-state index in [1.54, 1.807) is 29.6 Å². The average Bonchev–Trinajstić information content (AvgIpc) is 3.36. The largest absolute Gasteiger partial charge is 0.501 e. The molecule has 0 spiro atoms. The zero-order chi connectivity index (χ0) is 29.3. The Morgan fingerprint density at radius 3 is 2.59 bits per heavy atom. The third-order valence-electron chi connectivity index (χ3n) is 6.54. The van der Waals surface area contributed by atoms with Crippen LogP contribution in [0.3, 0.4) is 0 Å². The Morgan fingerprint density at radius 1 is 1.17 bits per heavy atom. The van der Waals surface area contributed by atoms with Gasteiger partial charge in [0.15, 0.2) is 0 Å². The lowest BCUT2D eigenvalue weighted by Crippen LogP contribution is -2.32. The number of thiophene rings is 1. The molecular formula is C28H24ClF3N4O4S. The fourth-order valence-electron chi connectivity index (χ4n) is 4.57. The molecule has 41 heavy (non-hydrogen) atoms. The second-order valence-electron chi connectivity index (χ2n) is 9.45. The summed E-state index contributed by atoms with van der Waals surface area (Å²) in [7, 11) is 0. The number of carboxylic acids is 1. The molecule has 13 heteroatoms. The van der Waals surface area contributed by atoms with Crippen molar-refractivity contribution in [3.63, 3.8) is 0 Å². The molecule has 0 saturated carbocycles. The Labute approximate surface area is 241 Å². The van der Waals surface area contributed by atoms with Crippen molar-refractivity contribution in [2.24, 2.45) is 5.73 Å². The van der Waals surface area contributed by atoms with Gasteiger partial charge in [-0.3, -0.25) is 4.79 Å². The van der Waals surface area contributed by atoms with Gasteiger partial charge in [-0.25, -0.2) is 4.98 Å². The number of nitrogens with two attached hydrogens (primary N) is 2. The molecule has 0 radical (unpaired) electrons. The number of alkyl halides is 3. The van der Waals surface area contributed by atoms with Crippen molar-refractivity contribution < 1.29 is 32.5 Å². The summed E-state index contributed by atoms with van der Waals surface area (Å²) in [6.45, 7) is 0.482. The second-order valence-corrected chi connectivity index (χ2v) is 10.8. The lowest BCUT2D eigenvalue weighted by atomic mass is 9.93. The average molecular weight is 605 g/mol. The molecule has 3 heterocycles. The van der Waals surface area contributed by atoms with Crippen LogP contribution in [0.5, 0.6) is 5.88 Å². The number of nitrogens with zero attached hydrogens (tertiary/aromatic N) is 2. The first kappa shape index (κ1) is 28.7. The molecule has 0 bridgehead atoms. The number of carboxylic acid groups (broad SMARTS) is 1. The lowest BCUT2D eigenvalue weighted by Gasteiger charge is -2.25. The fourth-order valence-corrected chi connectivity index (χ4v) is 5.69. The molecule has 5 N–H and O–H groups in total. The Hall–Kier alpha value is -3.87. The summed E-state index contributed by atoms with van der Waals surface area (Å²) in [5.41, 5.74) is 14.7. The maximum absolute atomic E-state index is 14.6. The monoisotopic (exact) mass is 604 g/mol.